The monoisotopic (exact) mass is 421 g/mol. The van der Waals surface area contributed by atoms with Crippen LogP contribution >= 0.6 is 0 Å². The van der Waals surface area contributed by atoms with Gasteiger partial charge in [-0.3, -0.25) is 9.36 Å². The van der Waals surface area contributed by atoms with E-state index in [2.05, 4.69) is 10.4 Å². The first-order valence-electron chi connectivity index (χ1n) is 9.51. The van der Waals surface area contributed by atoms with E-state index in [4.69, 9.17) is 0 Å². The number of anilines is 1. The second-order valence-corrected chi connectivity index (χ2v) is 9.70. The van der Waals surface area contributed by atoms with Crippen molar-refractivity contribution in [3.63, 3.8) is 0 Å². The maximum atomic E-state index is 12.5. The lowest BCUT2D eigenvalue weighted by molar-refractivity contribution is -0.117. The van der Waals surface area contributed by atoms with Crippen LogP contribution in [0.2, 0.25) is 0 Å². The maximum absolute atomic E-state index is 12.5. The molecule has 1 aromatic carbocycles. The van der Waals surface area contributed by atoms with Crippen molar-refractivity contribution in [2.45, 2.75) is 39.2 Å². The standard InChI is InChI=1S/C19H27N5O4S/c1-13-9-14(2)11-16(10-13)20-17(25)12-24-19(26)22(3)18(21-24)15-5-7-23(8-6-15)29(4,27)28/h9-11,15H,5-8,12H2,1-4H3,(H,20,25). The molecule has 3 rings (SSSR count). The minimum Gasteiger partial charge on any atom is -0.324 e. The van der Waals surface area contributed by atoms with Gasteiger partial charge in [0.1, 0.15) is 12.4 Å². The van der Waals surface area contributed by atoms with E-state index in [9.17, 15) is 18.0 Å². The van der Waals surface area contributed by atoms with Crippen molar-refractivity contribution in [1.29, 1.82) is 0 Å². The SMILES string of the molecule is Cc1cc(C)cc(NC(=O)Cn2nc(C3CCN(S(C)(=O)=O)CC3)n(C)c2=O)c1. The van der Waals surface area contributed by atoms with Crippen LogP contribution in [0.4, 0.5) is 5.69 Å². The minimum absolute atomic E-state index is 0.0190. The average molecular weight is 422 g/mol. The quantitative estimate of drug-likeness (QED) is 0.774. The minimum atomic E-state index is -3.21. The Morgan fingerprint density at radius 3 is 2.31 bits per heavy atom. The Labute approximate surface area is 170 Å². The zero-order valence-corrected chi connectivity index (χ0v) is 18.0. The number of rotatable bonds is 5. The summed E-state index contributed by atoms with van der Waals surface area (Å²) in [5, 5.41) is 7.18. The van der Waals surface area contributed by atoms with Gasteiger partial charge in [0.15, 0.2) is 0 Å². The number of nitrogens with zero attached hydrogens (tertiary/aromatic N) is 4. The number of amides is 1. The van der Waals surface area contributed by atoms with Gasteiger partial charge >= 0.3 is 5.69 Å². The molecule has 0 spiro atoms. The molecule has 1 aromatic heterocycles. The second-order valence-electron chi connectivity index (χ2n) is 7.72. The van der Waals surface area contributed by atoms with Gasteiger partial charge in [0.2, 0.25) is 15.9 Å². The summed E-state index contributed by atoms with van der Waals surface area (Å²) in [5.41, 5.74) is 2.40. The Bertz CT molecular complexity index is 1060. The molecule has 0 atom stereocenters. The Hall–Kier alpha value is -2.46. The fraction of sp³-hybridized carbons (Fsp3) is 0.526. The van der Waals surface area contributed by atoms with Gasteiger partial charge in [0.05, 0.1) is 6.26 Å². The number of piperidine rings is 1. The molecule has 10 heteroatoms. The van der Waals surface area contributed by atoms with Crippen molar-refractivity contribution >= 4 is 21.6 Å². The van der Waals surface area contributed by atoms with E-state index in [0.717, 1.165) is 15.8 Å². The van der Waals surface area contributed by atoms with Crippen LogP contribution in [0.25, 0.3) is 0 Å². The number of hydrogen-bond donors (Lipinski definition) is 1. The summed E-state index contributed by atoms with van der Waals surface area (Å²) in [6.07, 6.45) is 2.38. The number of carbonyl (C=O) groups is 1. The third kappa shape index (κ3) is 4.94. The van der Waals surface area contributed by atoms with Gasteiger partial charge < -0.3 is 5.32 Å². The number of sulfonamides is 1. The molecule has 158 valence electrons. The number of carbonyl (C=O) groups excluding carboxylic acids is 1. The molecular formula is C19H27N5O4S. The van der Waals surface area contributed by atoms with Crippen LogP contribution in [0, 0.1) is 13.8 Å². The lowest BCUT2D eigenvalue weighted by Crippen LogP contribution is -2.37. The topological polar surface area (TPSA) is 106 Å². The van der Waals surface area contributed by atoms with Gasteiger partial charge in [0.25, 0.3) is 0 Å². The molecule has 9 nitrogen and oxygen atoms in total. The predicted octanol–water partition coefficient (Wildman–Crippen LogP) is 0.976. The van der Waals surface area contributed by atoms with Crippen LogP contribution in [0.5, 0.6) is 0 Å². The molecule has 0 aliphatic carbocycles. The van der Waals surface area contributed by atoms with Crippen LogP contribution in [0.15, 0.2) is 23.0 Å². The highest BCUT2D eigenvalue weighted by atomic mass is 32.2. The van der Waals surface area contributed by atoms with Gasteiger partial charge in [-0.15, -0.1) is 0 Å². The van der Waals surface area contributed by atoms with E-state index in [0.29, 0.717) is 37.4 Å². The number of nitrogens with one attached hydrogen (secondary N) is 1. The average Bonchev–Trinajstić information content (AvgIpc) is 2.88. The Morgan fingerprint density at radius 1 is 1.17 bits per heavy atom. The van der Waals surface area contributed by atoms with Gasteiger partial charge in [0, 0.05) is 31.7 Å². The summed E-state index contributed by atoms with van der Waals surface area (Å²) in [5.74, 6) is 0.241. The van der Waals surface area contributed by atoms with Crippen molar-refractivity contribution in [2.24, 2.45) is 7.05 Å². The Kier molecular flexibility index (Phi) is 5.95. The molecule has 29 heavy (non-hydrogen) atoms. The molecule has 1 amide bonds. The highest BCUT2D eigenvalue weighted by Crippen LogP contribution is 2.26. The lowest BCUT2D eigenvalue weighted by atomic mass is 9.97. The molecule has 2 aromatic rings. The highest BCUT2D eigenvalue weighted by Gasteiger charge is 2.29. The fourth-order valence-electron chi connectivity index (χ4n) is 3.79. The van der Waals surface area contributed by atoms with Crippen LogP contribution in [0.1, 0.15) is 35.7 Å². The summed E-state index contributed by atoms with van der Waals surface area (Å²) >= 11 is 0. The second kappa shape index (κ2) is 8.11. The van der Waals surface area contributed by atoms with E-state index in [-0.39, 0.29) is 24.1 Å². The van der Waals surface area contributed by atoms with E-state index >= 15 is 0 Å². The van der Waals surface area contributed by atoms with Crippen molar-refractivity contribution in [3.8, 4) is 0 Å². The van der Waals surface area contributed by atoms with Crippen molar-refractivity contribution < 1.29 is 13.2 Å². The van der Waals surface area contributed by atoms with E-state index in [1.54, 1.807) is 7.05 Å². The van der Waals surface area contributed by atoms with E-state index in [1.807, 2.05) is 32.0 Å². The van der Waals surface area contributed by atoms with Crippen molar-refractivity contribution in [2.75, 3.05) is 24.7 Å². The molecule has 1 saturated heterocycles. The fourth-order valence-corrected chi connectivity index (χ4v) is 4.67. The first-order chi connectivity index (χ1) is 13.5. The van der Waals surface area contributed by atoms with Crippen LogP contribution in [-0.2, 0) is 28.4 Å². The first kappa shape index (κ1) is 21.3. The molecule has 0 unspecified atom stereocenters. The van der Waals surface area contributed by atoms with Crippen molar-refractivity contribution in [1.82, 2.24) is 18.7 Å². The van der Waals surface area contributed by atoms with E-state index < -0.39 is 10.0 Å². The summed E-state index contributed by atoms with van der Waals surface area (Å²) in [4.78, 5) is 24.9. The zero-order chi connectivity index (χ0) is 21.3. The summed E-state index contributed by atoms with van der Waals surface area (Å²) in [6.45, 7) is 4.53. The van der Waals surface area contributed by atoms with Gasteiger partial charge in [-0.2, -0.15) is 5.10 Å². The Balaban J connectivity index is 1.70. The third-order valence-corrected chi connectivity index (χ3v) is 6.46. The van der Waals surface area contributed by atoms with Gasteiger partial charge in [-0.05, 0) is 49.9 Å². The van der Waals surface area contributed by atoms with Gasteiger partial charge in [-0.25, -0.2) is 22.2 Å². The number of aromatic nitrogens is 3. The van der Waals surface area contributed by atoms with E-state index in [1.165, 1.54) is 15.1 Å². The molecule has 1 fully saturated rings. The molecule has 1 aliphatic rings. The summed E-state index contributed by atoms with van der Waals surface area (Å²) in [7, 11) is -1.58. The van der Waals surface area contributed by atoms with Crippen LogP contribution in [-0.4, -0.2) is 52.3 Å². The number of aryl methyl sites for hydroxylation is 2. The molecule has 1 aliphatic heterocycles. The largest absolute Gasteiger partial charge is 0.346 e. The number of benzene rings is 1. The predicted molar refractivity (Wildman–Crippen MR) is 110 cm³/mol. The molecule has 0 radical (unpaired) electrons. The molecule has 0 saturated carbocycles. The normalized spacial score (nSPS) is 16.1. The number of hydrogen-bond acceptors (Lipinski definition) is 5. The smallest absolute Gasteiger partial charge is 0.324 e. The lowest BCUT2D eigenvalue weighted by Gasteiger charge is -2.29. The Morgan fingerprint density at radius 2 is 1.76 bits per heavy atom. The van der Waals surface area contributed by atoms with Crippen molar-refractivity contribution in [3.05, 3.63) is 45.6 Å². The molecule has 2 heterocycles. The molecule has 1 N–H and O–H groups in total. The first-order valence-corrected chi connectivity index (χ1v) is 11.4. The summed E-state index contributed by atoms with van der Waals surface area (Å²) in [6, 6.07) is 5.75. The molecule has 0 bridgehead atoms. The molecular weight excluding hydrogens is 394 g/mol. The maximum Gasteiger partial charge on any atom is 0.346 e. The zero-order valence-electron chi connectivity index (χ0n) is 17.2. The third-order valence-electron chi connectivity index (χ3n) is 5.16. The van der Waals surface area contributed by atoms with Crippen LogP contribution < -0.4 is 11.0 Å². The van der Waals surface area contributed by atoms with Gasteiger partial charge in [-0.1, -0.05) is 6.07 Å². The highest BCUT2D eigenvalue weighted by molar-refractivity contribution is 7.88. The van der Waals surface area contributed by atoms with Crippen LogP contribution in [0.3, 0.4) is 0 Å². The summed E-state index contributed by atoms with van der Waals surface area (Å²) < 4.78 is 27.4.